The molecule has 4 nitrogen and oxygen atoms in total. The Labute approximate surface area is 88.9 Å². The quantitative estimate of drug-likeness (QED) is 0.776. The van der Waals surface area contributed by atoms with Crippen LogP contribution in [-0.2, 0) is 0 Å². The molecule has 2 atom stereocenters. The number of hydrogen-bond acceptors (Lipinski definition) is 4. The predicted octanol–water partition coefficient (Wildman–Crippen LogP) is 0.917. The third-order valence-corrected chi connectivity index (χ3v) is 2.77. The molecule has 2 rings (SSSR count). The smallest absolute Gasteiger partial charge is 0.216 e. The second kappa shape index (κ2) is 4.28. The lowest BCUT2D eigenvalue weighted by Gasteiger charge is -2.14. The molecule has 15 heavy (non-hydrogen) atoms. The van der Waals surface area contributed by atoms with Crippen molar-refractivity contribution in [1.29, 1.82) is 5.26 Å². The Balaban J connectivity index is 2.32. The van der Waals surface area contributed by atoms with Crippen molar-refractivity contribution < 1.29 is 4.74 Å². The highest BCUT2D eigenvalue weighted by atomic mass is 16.5. The fourth-order valence-electron chi connectivity index (χ4n) is 2.00. The summed E-state index contributed by atoms with van der Waals surface area (Å²) in [6.07, 6.45) is 1.70. The first kappa shape index (κ1) is 9.94. The number of rotatable bonds is 2. The monoisotopic (exact) mass is 203 g/mol. The van der Waals surface area contributed by atoms with Crippen LogP contribution >= 0.6 is 0 Å². The number of nitrogens with zero attached hydrogens (tertiary/aromatic N) is 2. The van der Waals surface area contributed by atoms with E-state index in [-0.39, 0.29) is 11.8 Å². The van der Waals surface area contributed by atoms with Crippen molar-refractivity contribution in [1.82, 2.24) is 10.3 Å². The third kappa shape index (κ3) is 1.79. The third-order valence-electron chi connectivity index (χ3n) is 2.77. The lowest BCUT2D eigenvalue weighted by Crippen LogP contribution is -2.10. The van der Waals surface area contributed by atoms with Crippen LogP contribution in [0.2, 0.25) is 0 Å². The van der Waals surface area contributed by atoms with Crippen LogP contribution in [0.15, 0.2) is 18.3 Å². The number of pyridine rings is 1. The summed E-state index contributed by atoms with van der Waals surface area (Å²) in [7, 11) is 1.61. The van der Waals surface area contributed by atoms with Gasteiger partial charge in [0.15, 0.2) is 0 Å². The van der Waals surface area contributed by atoms with Gasteiger partial charge in [0.05, 0.1) is 19.1 Å². The molecule has 1 aliphatic heterocycles. The van der Waals surface area contributed by atoms with E-state index in [1.54, 1.807) is 13.3 Å². The van der Waals surface area contributed by atoms with Crippen LogP contribution in [0.3, 0.4) is 0 Å². The molecule has 0 saturated carbocycles. The van der Waals surface area contributed by atoms with Crippen molar-refractivity contribution in [2.75, 3.05) is 20.2 Å². The lowest BCUT2D eigenvalue weighted by molar-refractivity contribution is 0.387. The fraction of sp³-hybridized carbons (Fsp3) is 0.455. The Morgan fingerprint density at radius 1 is 1.60 bits per heavy atom. The van der Waals surface area contributed by atoms with Crippen molar-refractivity contribution in [3.8, 4) is 11.9 Å². The highest BCUT2D eigenvalue weighted by Crippen LogP contribution is 2.32. The van der Waals surface area contributed by atoms with Gasteiger partial charge in [-0.15, -0.1) is 0 Å². The van der Waals surface area contributed by atoms with E-state index < -0.39 is 0 Å². The molecule has 0 radical (unpaired) electrons. The van der Waals surface area contributed by atoms with Gasteiger partial charge in [-0.3, -0.25) is 0 Å². The first-order valence-corrected chi connectivity index (χ1v) is 4.96. The summed E-state index contributed by atoms with van der Waals surface area (Å²) in [5.41, 5.74) is 1.02. The number of hydrogen-bond donors (Lipinski definition) is 1. The molecule has 1 saturated heterocycles. The van der Waals surface area contributed by atoms with Gasteiger partial charge in [-0.2, -0.15) is 5.26 Å². The molecule has 0 amide bonds. The van der Waals surface area contributed by atoms with E-state index in [2.05, 4.69) is 16.4 Å². The second-order valence-electron chi connectivity index (χ2n) is 3.60. The van der Waals surface area contributed by atoms with Crippen LogP contribution in [0.4, 0.5) is 0 Å². The van der Waals surface area contributed by atoms with Gasteiger partial charge in [-0.05, 0) is 6.07 Å². The Hall–Kier alpha value is -1.60. The molecule has 1 aromatic rings. The molecule has 0 bridgehead atoms. The molecule has 78 valence electrons. The summed E-state index contributed by atoms with van der Waals surface area (Å²) in [6, 6.07) is 6.18. The Kier molecular flexibility index (Phi) is 2.84. The Bertz CT molecular complexity index is 386. The maximum absolute atomic E-state index is 9.01. The predicted molar refractivity (Wildman–Crippen MR) is 55.5 cm³/mol. The van der Waals surface area contributed by atoms with Gasteiger partial charge in [0.2, 0.25) is 5.88 Å². The summed E-state index contributed by atoms with van der Waals surface area (Å²) in [5.74, 6) is 0.841. The molecule has 4 heteroatoms. The van der Waals surface area contributed by atoms with Gasteiger partial charge in [0.25, 0.3) is 0 Å². The molecule has 0 unspecified atom stereocenters. The zero-order chi connectivity index (χ0) is 10.7. The van der Waals surface area contributed by atoms with Gasteiger partial charge >= 0.3 is 0 Å². The van der Waals surface area contributed by atoms with Crippen molar-refractivity contribution in [3.63, 3.8) is 0 Å². The van der Waals surface area contributed by atoms with E-state index in [4.69, 9.17) is 10.00 Å². The van der Waals surface area contributed by atoms with E-state index in [1.807, 2.05) is 12.1 Å². The zero-order valence-corrected chi connectivity index (χ0v) is 8.60. The molecule has 0 aliphatic carbocycles. The normalized spacial score (nSPS) is 24.8. The topological polar surface area (TPSA) is 57.9 Å². The summed E-state index contributed by atoms with van der Waals surface area (Å²) < 4.78 is 5.20. The average molecular weight is 203 g/mol. The molecule has 1 fully saturated rings. The molecule has 1 aromatic heterocycles. The molecule has 2 heterocycles. The van der Waals surface area contributed by atoms with E-state index in [0.717, 1.165) is 18.7 Å². The van der Waals surface area contributed by atoms with Crippen LogP contribution < -0.4 is 10.1 Å². The average Bonchev–Trinajstić information content (AvgIpc) is 2.76. The molecular weight excluding hydrogens is 190 g/mol. The number of aromatic nitrogens is 1. The molecule has 0 spiro atoms. The van der Waals surface area contributed by atoms with Crippen LogP contribution in [0.1, 0.15) is 11.5 Å². The van der Waals surface area contributed by atoms with E-state index >= 15 is 0 Å². The van der Waals surface area contributed by atoms with Crippen molar-refractivity contribution in [3.05, 3.63) is 23.9 Å². The maximum Gasteiger partial charge on any atom is 0.216 e. The fourth-order valence-corrected chi connectivity index (χ4v) is 2.00. The van der Waals surface area contributed by atoms with Crippen molar-refractivity contribution >= 4 is 0 Å². The summed E-state index contributed by atoms with van der Waals surface area (Å²) in [4.78, 5) is 4.15. The van der Waals surface area contributed by atoms with Crippen LogP contribution in [0, 0.1) is 17.2 Å². The lowest BCUT2D eigenvalue weighted by atomic mass is 9.90. The summed E-state index contributed by atoms with van der Waals surface area (Å²) in [5, 5.41) is 12.2. The first-order chi connectivity index (χ1) is 7.36. The van der Waals surface area contributed by atoms with Gasteiger partial charge in [0, 0.05) is 30.8 Å². The SMILES string of the molecule is COc1ncccc1[C@@H]1CNC[C@H]1C#N. The van der Waals surface area contributed by atoms with Gasteiger partial charge in [-0.25, -0.2) is 4.98 Å². The van der Waals surface area contributed by atoms with Gasteiger partial charge in [0.1, 0.15) is 0 Å². The number of nitrogens with one attached hydrogen (secondary N) is 1. The number of methoxy groups -OCH3 is 1. The van der Waals surface area contributed by atoms with Crippen molar-refractivity contribution in [2.45, 2.75) is 5.92 Å². The van der Waals surface area contributed by atoms with E-state index in [1.165, 1.54) is 0 Å². The Morgan fingerprint density at radius 2 is 2.47 bits per heavy atom. The molecule has 1 aliphatic rings. The molecule has 0 aromatic carbocycles. The molecular formula is C11H13N3O. The van der Waals surface area contributed by atoms with Crippen molar-refractivity contribution in [2.24, 2.45) is 5.92 Å². The zero-order valence-electron chi connectivity index (χ0n) is 8.60. The maximum atomic E-state index is 9.01. The van der Waals surface area contributed by atoms with E-state index in [0.29, 0.717) is 5.88 Å². The standard InChI is InChI=1S/C11H13N3O/c1-15-11-9(3-2-4-14-11)10-7-13-6-8(10)5-12/h2-4,8,10,13H,6-7H2,1H3/t8-,10-/m1/s1. The highest BCUT2D eigenvalue weighted by Gasteiger charge is 2.30. The van der Waals surface area contributed by atoms with Gasteiger partial charge in [-0.1, -0.05) is 6.07 Å². The van der Waals surface area contributed by atoms with Crippen LogP contribution in [0.25, 0.3) is 0 Å². The number of nitriles is 1. The highest BCUT2D eigenvalue weighted by molar-refractivity contribution is 5.32. The number of ether oxygens (including phenoxy) is 1. The minimum Gasteiger partial charge on any atom is -0.481 e. The first-order valence-electron chi connectivity index (χ1n) is 4.96. The Morgan fingerprint density at radius 3 is 3.20 bits per heavy atom. The van der Waals surface area contributed by atoms with Crippen LogP contribution in [0.5, 0.6) is 5.88 Å². The summed E-state index contributed by atoms with van der Waals surface area (Å²) in [6.45, 7) is 1.57. The minimum atomic E-state index is 0.0168. The van der Waals surface area contributed by atoms with E-state index in [9.17, 15) is 0 Å². The largest absolute Gasteiger partial charge is 0.481 e. The molecule has 1 N–H and O–H groups in total. The van der Waals surface area contributed by atoms with Gasteiger partial charge < -0.3 is 10.1 Å². The second-order valence-corrected chi connectivity index (χ2v) is 3.60. The van der Waals surface area contributed by atoms with Crippen LogP contribution in [-0.4, -0.2) is 25.2 Å². The summed E-state index contributed by atoms with van der Waals surface area (Å²) >= 11 is 0. The minimum absolute atomic E-state index is 0.0168.